The van der Waals surface area contributed by atoms with Crippen LogP contribution in [0.4, 0.5) is 0 Å². The SMILES string of the molecule is Cc1ccc(C2=NC(c3ccc(C)cc3C)(c3ccc(CC(O)COCCCCCC(C)C)c(O)c3O)N=CN2)c(C)c1. The van der Waals surface area contributed by atoms with E-state index in [4.69, 9.17) is 14.7 Å². The van der Waals surface area contributed by atoms with Crippen molar-refractivity contribution in [1.29, 1.82) is 0 Å². The van der Waals surface area contributed by atoms with Crippen molar-refractivity contribution in [2.24, 2.45) is 15.9 Å². The molecule has 0 aliphatic carbocycles. The highest BCUT2D eigenvalue weighted by Gasteiger charge is 2.40. The number of aryl methyl sites for hydroxylation is 4. The Bertz CT molecular complexity index is 1480. The van der Waals surface area contributed by atoms with Crippen molar-refractivity contribution in [3.8, 4) is 11.5 Å². The van der Waals surface area contributed by atoms with Crippen LogP contribution < -0.4 is 5.32 Å². The van der Waals surface area contributed by atoms with Crippen LogP contribution in [0, 0.1) is 33.6 Å². The van der Waals surface area contributed by atoms with Crippen molar-refractivity contribution >= 4 is 12.2 Å². The lowest BCUT2D eigenvalue weighted by Crippen LogP contribution is -2.37. The number of ether oxygens (including phenoxy) is 1. The van der Waals surface area contributed by atoms with Gasteiger partial charge in [0.2, 0.25) is 5.66 Å². The van der Waals surface area contributed by atoms with Crippen LogP contribution in [0.15, 0.2) is 58.5 Å². The summed E-state index contributed by atoms with van der Waals surface area (Å²) in [6.45, 7) is 13.3. The Balaban J connectivity index is 1.63. The van der Waals surface area contributed by atoms with Crippen LogP contribution in [0.2, 0.25) is 0 Å². The van der Waals surface area contributed by atoms with Gasteiger partial charge in [-0.25, -0.2) is 9.98 Å². The molecule has 1 heterocycles. The minimum Gasteiger partial charge on any atom is -0.504 e. The molecule has 0 saturated heterocycles. The predicted octanol–water partition coefficient (Wildman–Crippen LogP) is 6.75. The fraction of sp³-hybridized carbons (Fsp3) is 0.444. The van der Waals surface area contributed by atoms with Gasteiger partial charge in [0.25, 0.3) is 0 Å². The molecule has 0 fully saturated rings. The Kier molecular flexibility index (Phi) is 10.6. The van der Waals surface area contributed by atoms with E-state index in [1.165, 1.54) is 12.8 Å². The van der Waals surface area contributed by atoms with Crippen LogP contribution in [0.3, 0.4) is 0 Å². The number of aromatic hydroxyl groups is 2. The van der Waals surface area contributed by atoms with Gasteiger partial charge in [-0.05, 0) is 57.2 Å². The van der Waals surface area contributed by atoms with Gasteiger partial charge in [-0.1, -0.05) is 86.7 Å². The molecule has 0 aromatic heterocycles. The van der Waals surface area contributed by atoms with Gasteiger partial charge in [-0.15, -0.1) is 0 Å². The molecule has 0 bridgehead atoms. The lowest BCUT2D eigenvalue weighted by Gasteiger charge is -2.33. The lowest BCUT2D eigenvalue weighted by atomic mass is 9.86. The third kappa shape index (κ3) is 7.64. The first-order valence-electron chi connectivity index (χ1n) is 15.4. The molecular formula is C36H47N3O4. The third-order valence-electron chi connectivity index (χ3n) is 8.07. The number of phenolic OH excluding ortho intramolecular Hbond substituents is 2. The van der Waals surface area contributed by atoms with Crippen LogP contribution in [-0.4, -0.2) is 46.8 Å². The normalized spacial score (nSPS) is 17.2. The maximum absolute atomic E-state index is 11.5. The third-order valence-corrected chi connectivity index (χ3v) is 8.07. The summed E-state index contributed by atoms with van der Waals surface area (Å²) in [5, 5.41) is 36.5. The number of amidine groups is 1. The summed E-state index contributed by atoms with van der Waals surface area (Å²) >= 11 is 0. The van der Waals surface area contributed by atoms with E-state index < -0.39 is 11.8 Å². The number of aliphatic imine (C=N–C) groups is 2. The van der Waals surface area contributed by atoms with Crippen LogP contribution in [-0.2, 0) is 16.8 Å². The molecule has 7 nitrogen and oxygen atoms in total. The van der Waals surface area contributed by atoms with E-state index in [0.29, 0.717) is 29.5 Å². The molecule has 0 spiro atoms. The molecular weight excluding hydrogens is 538 g/mol. The molecule has 0 radical (unpaired) electrons. The van der Waals surface area contributed by atoms with Crippen molar-refractivity contribution in [1.82, 2.24) is 5.32 Å². The van der Waals surface area contributed by atoms with Gasteiger partial charge in [0.05, 0.1) is 24.6 Å². The number of phenols is 2. The Morgan fingerprint density at radius 3 is 2.23 bits per heavy atom. The van der Waals surface area contributed by atoms with Crippen LogP contribution >= 0.6 is 0 Å². The predicted molar refractivity (Wildman–Crippen MR) is 174 cm³/mol. The number of aliphatic hydroxyl groups excluding tert-OH is 1. The fourth-order valence-corrected chi connectivity index (χ4v) is 5.77. The Morgan fingerprint density at radius 1 is 0.837 bits per heavy atom. The van der Waals surface area contributed by atoms with E-state index in [1.807, 2.05) is 45.0 Å². The smallest absolute Gasteiger partial charge is 0.209 e. The molecule has 230 valence electrons. The van der Waals surface area contributed by atoms with E-state index in [2.05, 4.69) is 38.2 Å². The molecule has 3 aromatic carbocycles. The monoisotopic (exact) mass is 585 g/mol. The van der Waals surface area contributed by atoms with E-state index in [-0.39, 0.29) is 24.5 Å². The summed E-state index contributed by atoms with van der Waals surface area (Å²) in [5.41, 5.74) is 5.44. The van der Waals surface area contributed by atoms with Crippen LogP contribution in [0.1, 0.15) is 84.0 Å². The standard InChI is InChI=1S/C36H47N3O4/c1-23(2)10-8-7-9-17-43-21-29(40)20-28-13-16-32(34(42)33(28)41)36(31-15-12-25(4)19-27(31)6)38-22-37-35(39-36)30-14-11-24(3)18-26(30)5/h11-16,18-19,22-23,29,40-42H,7-10,17,20-21H2,1-6H3,(H,37,38,39). The molecule has 2 atom stereocenters. The van der Waals surface area contributed by atoms with Crippen LogP contribution in [0.25, 0.3) is 0 Å². The van der Waals surface area contributed by atoms with Crippen molar-refractivity contribution in [2.75, 3.05) is 13.2 Å². The second-order valence-electron chi connectivity index (χ2n) is 12.3. The maximum atomic E-state index is 11.5. The van der Waals surface area contributed by atoms with Gasteiger partial charge >= 0.3 is 0 Å². The van der Waals surface area contributed by atoms with Crippen molar-refractivity contribution in [2.45, 2.75) is 85.4 Å². The molecule has 3 aromatic rings. The largest absolute Gasteiger partial charge is 0.504 e. The number of rotatable bonds is 13. The number of nitrogens with zero attached hydrogens (tertiary/aromatic N) is 2. The summed E-state index contributed by atoms with van der Waals surface area (Å²) in [5.74, 6) is 0.735. The average Bonchev–Trinajstić information content (AvgIpc) is 2.95. The molecule has 43 heavy (non-hydrogen) atoms. The minimum absolute atomic E-state index is 0.144. The minimum atomic E-state index is -1.34. The Labute approximate surface area is 256 Å². The highest BCUT2D eigenvalue weighted by molar-refractivity contribution is 6.07. The van der Waals surface area contributed by atoms with Gasteiger partial charge in [-0.2, -0.15) is 0 Å². The first-order chi connectivity index (χ1) is 20.5. The van der Waals surface area contributed by atoms with Crippen molar-refractivity contribution < 1.29 is 20.1 Å². The highest BCUT2D eigenvalue weighted by Crippen LogP contribution is 2.46. The van der Waals surface area contributed by atoms with Crippen LogP contribution in [0.5, 0.6) is 11.5 Å². The summed E-state index contributed by atoms with van der Waals surface area (Å²) in [4.78, 5) is 9.97. The van der Waals surface area contributed by atoms with Crippen molar-refractivity contribution in [3.63, 3.8) is 0 Å². The molecule has 7 heteroatoms. The van der Waals surface area contributed by atoms with E-state index in [9.17, 15) is 15.3 Å². The zero-order valence-corrected chi connectivity index (χ0v) is 26.4. The molecule has 0 amide bonds. The van der Waals surface area contributed by atoms with E-state index >= 15 is 0 Å². The van der Waals surface area contributed by atoms with Gasteiger partial charge in [0.1, 0.15) is 5.84 Å². The first-order valence-corrected chi connectivity index (χ1v) is 15.4. The topological polar surface area (TPSA) is 107 Å². The zero-order valence-electron chi connectivity index (χ0n) is 26.4. The van der Waals surface area contributed by atoms with Crippen molar-refractivity contribution in [3.05, 3.63) is 93.0 Å². The maximum Gasteiger partial charge on any atom is 0.209 e. The number of benzene rings is 3. The fourth-order valence-electron chi connectivity index (χ4n) is 5.77. The Hall–Kier alpha value is -3.68. The van der Waals surface area contributed by atoms with Gasteiger partial charge in [0, 0.05) is 29.7 Å². The molecule has 1 aliphatic heterocycles. The van der Waals surface area contributed by atoms with Gasteiger partial charge < -0.3 is 25.4 Å². The number of unbranched alkanes of at least 4 members (excludes halogenated alkanes) is 2. The lowest BCUT2D eigenvalue weighted by molar-refractivity contribution is 0.0351. The Morgan fingerprint density at radius 2 is 1.53 bits per heavy atom. The highest BCUT2D eigenvalue weighted by atomic mass is 16.5. The number of hydrogen-bond acceptors (Lipinski definition) is 7. The molecule has 4 N–H and O–H groups in total. The number of hydrogen-bond donors (Lipinski definition) is 4. The van der Waals surface area contributed by atoms with E-state index in [1.54, 1.807) is 18.5 Å². The van der Waals surface area contributed by atoms with E-state index in [0.717, 1.165) is 46.2 Å². The molecule has 0 saturated carbocycles. The number of nitrogens with one attached hydrogen (secondary N) is 1. The molecule has 2 unspecified atom stereocenters. The first kappa shape index (κ1) is 32.2. The zero-order chi connectivity index (χ0) is 31.1. The number of aliphatic hydroxyl groups is 1. The van der Waals surface area contributed by atoms with Gasteiger partial charge in [-0.3, -0.25) is 0 Å². The van der Waals surface area contributed by atoms with Gasteiger partial charge in [0.15, 0.2) is 11.5 Å². The second-order valence-corrected chi connectivity index (χ2v) is 12.3. The summed E-state index contributed by atoms with van der Waals surface area (Å²) < 4.78 is 5.69. The second kappa shape index (κ2) is 14.2. The average molecular weight is 586 g/mol. The summed E-state index contributed by atoms with van der Waals surface area (Å²) in [6, 6.07) is 15.7. The molecule has 4 rings (SSSR count). The quantitative estimate of drug-likeness (QED) is 0.131. The summed E-state index contributed by atoms with van der Waals surface area (Å²) in [6.07, 6.45) is 5.40. The summed E-state index contributed by atoms with van der Waals surface area (Å²) in [7, 11) is 0. The molecule has 1 aliphatic rings.